The first-order valence-corrected chi connectivity index (χ1v) is 2.78. The molecule has 0 rings (SSSR count). The van der Waals surface area contributed by atoms with Crippen molar-refractivity contribution in [3.8, 4) is 0 Å². The van der Waals surface area contributed by atoms with Gasteiger partial charge in [0, 0.05) is 0 Å². The van der Waals surface area contributed by atoms with E-state index in [1.54, 1.807) is 19.1 Å². The minimum atomic E-state index is -1.10. The summed E-state index contributed by atoms with van der Waals surface area (Å²) in [6, 6.07) is 0. The van der Waals surface area contributed by atoms with Gasteiger partial charge in [0.2, 0.25) is 0 Å². The molecule has 0 aromatic rings. The van der Waals surface area contributed by atoms with E-state index in [9.17, 15) is 4.79 Å². The molecular weight excluding hydrogens is 140 g/mol. The Kier molecular flexibility index (Phi) is 3.80. The molecule has 1 N–H and O–H groups in total. The van der Waals surface area contributed by atoms with Crippen LogP contribution in [0.1, 0.15) is 6.92 Å². The van der Waals surface area contributed by atoms with Crippen LogP contribution in [0.2, 0.25) is 0 Å². The van der Waals surface area contributed by atoms with Crippen LogP contribution in [0.4, 0.5) is 0 Å². The molecule has 0 atom stereocenters. The summed E-state index contributed by atoms with van der Waals surface area (Å²) in [5.74, 6) is -1.10. The Morgan fingerprint density at radius 1 is 1.67 bits per heavy atom. The Labute approximate surface area is 58.4 Å². The van der Waals surface area contributed by atoms with Crippen LogP contribution in [0.5, 0.6) is 0 Å². The van der Waals surface area contributed by atoms with Crippen molar-refractivity contribution in [2.75, 3.05) is 0 Å². The van der Waals surface area contributed by atoms with Gasteiger partial charge in [-0.05, 0) is 13.0 Å². The number of carboxylic acids is 1. The third-order valence-corrected chi connectivity index (χ3v) is 0.927. The number of hydrogen-bond donors (Lipinski definition) is 1. The third-order valence-electron chi connectivity index (χ3n) is 0.639. The van der Waals surface area contributed by atoms with Crippen molar-refractivity contribution in [2.45, 2.75) is 6.92 Å². The molecule has 0 bridgehead atoms. The average molecular weight is 147 g/mol. The lowest BCUT2D eigenvalue weighted by atomic mass is 10.4. The lowest BCUT2D eigenvalue weighted by Crippen LogP contribution is -1.91. The van der Waals surface area contributed by atoms with Crippen LogP contribution in [0.15, 0.2) is 23.3 Å². The molecule has 0 unspecified atom stereocenters. The van der Waals surface area contributed by atoms with Gasteiger partial charge in [-0.2, -0.15) is 0 Å². The molecule has 0 radical (unpaired) electrons. The Bertz CT molecular complexity index is 158. The molecule has 3 heteroatoms. The largest absolute Gasteiger partial charge is 0.477 e. The van der Waals surface area contributed by atoms with Gasteiger partial charge in [-0.25, -0.2) is 4.79 Å². The number of allylic oxidation sites excluding steroid dienone is 3. The van der Waals surface area contributed by atoms with E-state index in [-0.39, 0.29) is 5.03 Å². The topological polar surface area (TPSA) is 37.3 Å². The van der Waals surface area contributed by atoms with Crippen molar-refractivity contribution in [3.63, 3.8) is 0 Å². The van der Waals surface area contributed by atoms with Crippen molar-refractivity contribution in [1.29, 1.82) is 0 Å². The van der Waals surface area contributed by atoms with Crippen LogP contribution in [0.3, 0.4) is 0 Å². The lowest BCUT2D eigenvalue weighted by Gasteiger charge is -1.82. The highest BCUT2D eigenvalue weighted by Crippen LogP contribution is 1.99. The van der Waals surface area contributed by atoms with Gasteiger partial charge < -0.3 is 5.11 Å². The predicted octanol–water partition coefficient (Wildman–Crippen LogP) is 1.77. The van der Waals surface area contributed by atoms with Crippen LogP contribution in [-0.2, 0) is 4.79 Å². The minimum Gasteiger partial charge on any atom is -0.477 e. The fraction of sp³-hybridized carbons (Fsp3) is 0.167. The number of halogens is 1. The summed E-state index contributed by atoms with van der Waals surface area (Å²) in [5, 5.41) is 8.00. The van der Waals surface area contributed by atoms with Crippen molar-refractivity contribution in [2.24, 2.45) is 0 Å². The summed E-state index contributed by atoms with van der Waals surface area (Å²) in [6.45, 7) is 1.78. The van der Waals surface area contributed by atoms with Crippen LogP contribution < -0.4 is 0 Å². The number of carbonyl (C=O) groups is 1. The van der Waals surface area contributed by atoms with E-state index >= 15 is 0 Å². The summed E-state index contributed by atoms with van der Waals surface area (Å²) < 4.78 is 0. The molecule has 0 heterocycles. The molecule has 0 aromatic heterocycles. The highest BCUT2D eigenvalue weighted by Gasteiger charge is 1.98. The molecule has 50 valence electrons. The standard InChI is InChI=1S/C6H7ClO2/c1-2-3-4-5(7)6(8)9/h2-4H,1H3,(H,8,9)/b3-2+,5-4-. The maximum atomic E-state index is 9.97. The number of hydrogen-bond acceptors (Lipinski definition) is 1. The molecule has 0 amide bonds. The molecule has 0 saturated heterocycles. The number of carboxylic acid groups (broad SMARTS) is 1. The lowest BCUT2D eigenvalue weighted by molar-refractivity contribution is -0.131. The summed E-state index contributed by atoms with van der Waals surface area (Å²) in [6.07, 6.45) is 4.59. The summed E-state index contributed by atoms with van der Waals surface area (Å²) in [4.78, 5) is 9.97. The molecule has 0 aliphatic carbocycles. The van der Waals surface area contributed by atoms with Crippen molar-refractivity contribution < 1.29 is 9.90 Å². The van der Waals surface area contributed by atoms with E-state index in [2.05, 4.69) is 0 Å². The SMILES string of the molecule is C/C=C/C=C(\Cl)C(=O)O. The molecule has 0 aromatic carbocycles. The molecule has 0 aliphatic heterocycles. The molecule has 0 aliphatic rings. The van der Waals surface area contributed by atoms with E-state index in [0.717, 1.165) is 0 Å². The van der Waals surface area contributed by atoms with Gasteiger partial charge in [0.15, 0.2) is 0 Å². The van der Waals surface area contributed by atoms with Crippen LogP contribution in [0, 0.1) is 0 Å². The van der Waals surface area contributed by atoms with Crippen molar-refractivity contribution in [1.82, 2.24) is 0 Å². The maximum absolute atomic E-state index is 9.97. The number of rotatable bonds is 2. The second-order valence-electron chi connectivity index (χ2n) is 1.35. The Hall–Kier alpha value is -0.760. The van der Waals surface area contributed by atoms with Gasteiger partial charge in [-0.1, -0.05) is 23.8 Å². The van der Waals surface area contributed by atoms with E-state index < -0.39 is 5.97 Å². The normalized spacial score (nSPS) is 12.4. The molecular formula is C6H7ClO2. The van der Waals surface area contributed by atoms with Gasteiger partial charge in [0.1, 0.15) is 5.03 Å². The quantitative estimate of drug-likeness (QED) is 0.476. The van der Waals surface area contributed by atoms with Gasteiger partial charge in [0.25, 0.3) is 0 Å². The highest BCUT2D eigenvalue weighted by molar-refractivity contribution is 6.41. The smallest absolute Gasteiger partial charge is 0.347 e. The van der Waals surface area contributed by atoms with Crippen LogP contribution in [0.25, 0.3) is 0 Å². The monoisotopic (exact) mass is 146 g/mol. The number of aliphatic carboxylic acids is 1. The summed E-state index contributed by atoms with van der Waals surface area (Å²) in [5.41, 5.74) is 0. The van der Waals surface area contributed by atoms with Crippen molar-refractivity contribution >= 4 is 17.6 Å². The average Bonchev–Trinajstić information content (AvgIpc) is 1.82. The van der Waals surface area contributed by atoms with E-state index in [1.807, 2.05) is 0 Å². The van der Waals surface area contributed by atoms with Crippen molar-refractivity contribution in [3.05, 3.63) is 23.3 Å². The minimum absolute atomic E-state index is 0.173. The third kappa shape index (κ3) is 3.79. The van der Waals surface area contributed by atoms with Gasteiger partial charge in [0.05, 0.1) is 0 Å². The fourth-order valence-electron chi connectivity index (χ4n) is 0.252. The molecule has 9 heavy (non-hydrogen) atoms. The molecule has 0 spiro atoms. The zero-order chi connectivity index (χ0) is 7.28. The first-order chi connectivity index (χ1) is 4.18. The predicted molar refractivity (Wildman–Crippen MR) is 36.4 cm³/mol. The van der Waals surface area contributed by atoms with E-state index in [4.69, 9.17) is 16.7 Å². The van der Waals surface area contributed by atoms with Crippen LogP contribution in [-0.4, -0.2) is 11.1 Å². The highest BCUT2D eigenvalue weighted by atomic mass is 35.5. The second-order valence-corrected chi connectivity index (χ2v) is 1.75. The molecule has 0 fully saturated rings. The Balaban J connectivity index is 4.00. The fourth-order valence-corrected chi connectivity index (χ4v) is 0.325. The first-order valence-electron chi connectivity index (χ1n) is 2.40. The zero-order valence-electron chi connectivity index (χ0n) is 4.97. The van der Waals surface area contributed by atoms with E-state index in [0.29, 0.717) is 0 Å². The van der Waals surface area contributed by atoms with Crippen LogP contribution >= 0.6 is 11.6 Å². The summed E-state index contributed by atoms with van der Waals surface area (Å²) >= 11 is 5.20. The molecule has 2 nitrogen and oxygen atoms in total. The maximum Gasteiger partial charge on any atom is 0.347 e. The Morgan fingerprint density at radius 2 is 2.22 bits per heavy atom. The first kappa shape index (κ1) is 8.24. The molecule has 0 saturated carbocycles. The second kappa shape index (κ2) is 4.15. The van der Waals surface area contributed by atoms with E-state index in [1.165, 1.54) is 6.08 Å². The zero-order valence-corrected chi connectivity index (χ0v) is 5.72. The van der Waals surface area contributed by atoms with Gasteiger partial charge in [-0.15, -0.1) is 0 Å². The van der Waals surface area contributed by atoms with Gasteiger partial charge in [-0.3, -0.25) is 0 Å². The Morgan fingerprint density at radius 3 is 2.56 bits per heavy atom. The summed E-state index contributed by atoms with van der Waals surface area (Å²) in [7, 11) is 0. The van der Waals surface area contributed by atoms with Gasteiger partial charge >= 0.3 is 5.97 Å².